The summed E-state index contributed by atoms with van der Waals surface area (Å²) in [6.45, 7) is 4.56. The molecule has 0 bridgehead atoms. The number of aryl methyl sites for hydroxylation is 1. The number of likely N-dealkylation sites (N-methyl/N-ethyl adjacent to an activating group) is 1. The van der Waals surface area contributed by atoms with Gasteiger partial charge in [-0.3, -0.25) is 9.59 Å². The quantitative estimate of drug-likeness (QED) is 0.626. The molecule has 0 saturated heterocycles. The minimum Gasteiger partial charge on any atom is -0.347 e. The van der Waals surface area contributed by atoms with Crippen molar-refractivity contribution in [1.29, 1.82) is 0 Å². The summed E-state index contributed by atoms with van der Waals surface area (Å²) in [5, 5.41) is 0.847. The van der Waals surface area contributed by atoms with Crippen molar-refractivity contribution >= 4 is 22.6 Å². The minimum absolute atomic E-state index is 0.414. The first kappa shape index (κ1) is 15.3. The molecule has 0 atom stereocenters. The highest BCUT2D eigenvalue weighted by Crippen LogP contribution is 2.25. The van der Waals surface area contributed by atoms with E-state index in [1.807, 2.05) is 42.8 Å². The molecule has 21 heavy (non-hydrogen) atoms. The van der Waals surface area contributed by atoms with Gasteiger partial charge in [-0.25, -0.2) is 0 Å². The van der Waals surface area contributed by atoms with Gasteiger partial charge in [0.2, 0.25) is 0 Å². The van der Waals surface area contributed by atoms with Crippen LogP contribution in [0.1, 0.15) is 35.8 Å². The number of hydrogen-bond acceptors (Lipinski definition) is 2. The van der Waals surface area contributed by atoms with Crippen molar-refractivity contribution in [2.75, 3.05) is 13.6 Å². The SMILES string of the molecule is CCCCN(C)C(=O)C(=O)c1c(C)n(C)c2ccccc12. The summed E-state index contributed by atoms with van der Waals surface area (Å²) in [6.07, 6.45) is 1.91. The standard InChI is InChI=1S/C17H22N2O2/c1-5-6-11-18(3)17(21)16(20)15-12(2)19(4)14-10-8-7-9-13(14)15/h7-10H,5-6,11H2,1-4H3. The fourth-order valence-electron chi connectivity index (χ4n) is 2.58. The molecule has 0 N–H and O–H groups in total. The Balaban J connectivity index is 2.40. The Morgan fingerprint density at radius 2 is 1.90 bits per heavy atom. The number of carbonyl (C=O) groups excluding carboxylic acids is 2. The number of hydrogen-bond donors (Lipinski definition) is 0. The lowest BCUT2D eigenvalue weighted by Gasteiger charge is -2.15. The lowest BCUT2D eigenvalue weighted by atomic mass is 10.1. The highest BCUT2D eigenvalue weighted by molar-refractivity contribution is 6.45. The number of Topliss-reactive ketones (excluding diaryl/α,β-unsaturated/α-hetero) is 1. The summed E-state index contributed by atoms with van der Waals surface area (Å²) < 4.78 is 1.96. The third-order valence-electron chi connectivity index (χ3n) is 4.01. The smallest absolute Gasteiger partial charge is 0.294 e. The highest BCUT2D eigenvalue weighted by Gasteiger charge is 2.26. The predicted octanol–water partition coefficient (Wildman–Crippen LogP) is 2.93. The Bertz CT molecular complexity index is 685. The van der Waals surface area contributed by atoms with E-state index in [2.05, 4.69) is 6.92 Å². The average molecular weight is 286 g/mol. The second-order valence-corrected chi connectivity index (χ2v) is 5.45. The monoisotopic (exact) mass is 286 g/mol. The number of rotatable bonds is 5. The fraction of sp³-hybridized carbons (Fsp3) is 0.412. The van der Waals surface area contributed by atoms with Gasteiger partial charge in [0.15, 0.2) is 0 Å². The molecule has 1 amide bonds. The van der Waals surface area contributed by atoms with Gasteiger partial charge in [-0.2, -0.15) is 0 Å². The number of fused-ring (bicyclic) bond motifs is 1. The number of carbonyl (C=O) groups is 2. The summed E-state index contributed by atoms with van der Waals surface area (Å²) in [5.74, 6) is -0.842. The van der Waals surface area contributed by atoms with Crippen LogP contribution in [0.2, 0.25) is 0 Å². The van der Waals surface area contributed by atoms with Gasteiger partial charge < -0.3 is 9.47 Å². The first-order chi connectivity index (χ1) is 9.99. The molecule has 1 aromatic heterocycles. The Kier molecular flexibility index (Phi) is 4.46. The Labute approximate surface area is 125 Å². The molecule has 1 aromatic carbocycles. The fourth-order valence-corrected chi connectivity index (χ4v) is 2.58. The Hall–Kier alpha value is -2.10. The van der Waals surface area contributed by atoms with E-state index in [4.69, 9.17) is 0 Å². The van der Waals surface area contributed by atoms with Crippen LogP contribution in [0.25, 0.3) is 10.9 Å². The first-order valence-corrected chi connectivity index (χ1v) is 7.32. The molecule has 0 aliphatic heterocycles. The molecule has 0 fully saturated rings. The van der Waals surface area contributed by atoms with E-state index in [9.17, 15) is 9.59 Å². The molecule has 4 nitrogen and oxygen atoms in total. The zero-order chi connectivity index (χ0) is 15.6. The van der Waals surface area contributed by atoms with Crippen molar-refractivity contribution in [2.24, 2.45) is 7.05 Å². The van der Waals surface area contributed by atoms with Crippen LogP contribution in [0.5, 0.6) is 0 Å². The second kappa shape index (κ2) is 6.12. The van der Waals surface area contributed by atoms with Crippen molar-refractivity contribution in [3.63, 3.8) is 0 Å². The summed E-state index contributed by atoms with van der Waals surface area (Å²) in [7, 11) is 3.61. The molecule has 0 radical (unpaired) electrons. The van der Waals surface area contributed by atoms with E-state index in [-0.39, 0.29) is 0 Å². The summed E-state index contributed by atoms with van der Waals surface area (Å²) in [5.41, 5.74) is 2.34. The third kappa shape index (κ3) is 2.71. The predicted molar refractivity (Wildman–Crippen MR) is 84.5 cm³/mol. The van der Waals surface area contributed by atoms with Gasteiger partial charge in [0.05, 0.1) is 5.56 Å². The molecular formula is C17H22N2O2. The largest absolute Gasteiger partial charge is 0.347 e. The van der Waals surface area contributed by atoms with Crippen molar-refractivity contribution in [3.05, 3.63) is 35.5 Å². The first-order valence-electron chi connectivity index (χ1n) is 7.32. The Morgan fingerprint density at radius 3 is 2.57 bits per heavy atom. The van der Waals surface area contributed by atoms with Crippen molar-refractivity contribution in [1.82, 2.24) is 9.47 Å². The summed E-state index contributed by atoms with van der Waals surface area (Å²) in [6, 6.07) is 7.69. The van der Waals surface area contributed by atoms with E-state index < -0.39 is 11.7 Å². The highest BCUT2D eigenvalue weighted by atomic mass is 16.2. The molecule has 0 spiro atoms. The van der Waals surface area contributed by atoms with E-state index in [0.717, 1.165) is 29.4 Å². The maximum atomic E-state index is 12.6. The van der Waals surface area contributed by atoms with Crippen LogP contribution in [0, 0.1) is 6.92 Å². The van der Waals surface area contributed by atoms with Crippen molar-refractivity contribution < 1.29 is 9.59 Å². The lowest BCUT2D eigenvalue weighted by molar-refractivity contribution is -0.125. The average Bonchev–Trinajstić information content (AvgIpc) is 2.75. The van der Waals surface area contributed by atoms with E-state index >= 15 is 0 Å². The van der Waals surface area contributed by atoms with Gasteiger partial charge in [0.25, 0.3) is 11.7 Å². The second-order valence-electron chi connectivity index (χ2n) is 5.45. The lowest BCUT2D eigenvalue weighted by Crippen LogP contribution is -2.34. The van der Waals surface area contributed by atoms with Crippen LogP contribution in [0.3, 0.4) is 0 Å². The maximum Gasteiger partial charge on any atom is 0.294 e. The van der Waals surface area contributed by atoms with Crippen molar-refractivity contribution in [2.45, 2.75) is 26.7 Å². The molecule has 2 aromatic rings. The molecular weight excluding hydrogens is 264 g/mol. The van der Waals surface area contributed by atoms with Crippen LogP contribution in [-0.4, -0.2) is 34.7 Å². The van der Waals surface area contributed by atoms with Gasteiger partial charge in [-0.1, -0.05) is 31.5 Å². The number of nitrogens with zero attached hydrogens (tertiary/aromatic N) is 2. The number of unbranched alkanes of at least 4 members (excludes halogenated alkanes) is 1. The molecule has 0 aliphatic carbocycles. The molecule has 2 rings (SSSR count). The molecule has 112 valence electrons. The zero-order valence-corrected chi connectivity index (χ0v) is 13.1. The number of para-hydroxylation sites is 1. The van der Waals surface area contributed by atoms with Gasteiger partial charge in [-0.05, 0) is 19.4 Å². The van der Waals surface area contributed by atoms with Crippen molar-refractivity contribution in [3.8, 4) is 0 Å². The molecule has 4 heteroatoms. The van der Waals surface area contributed by atoms with Crippen LogP contribution >= 0.6 is 0 Å². The van der Waals surface area contributed by atoms with E-state index in [1.54, 1.807) is 7.05 Å². The normalized spacial score (nSPS) is 10.9. The van der Waals surface area contributed by atoms with Crippen LogP contribution < -0.4 is 0 Å². The minimum atomic E-state index is -0.428. The van der Waals surface area contributed by atoms with Crippen LogP contribution in [0.4, 0.5) is 0 Å². The van der Waals surface area contributed by atoms with Gasteiger partial charge in [-0.15, -0.1) is 0 Å². The molecule has 0 aliphatic rings. The zero-order valence-electron chi connectivity index (χ0n) is 13.1. The van der Waals surface area contributed by atoms with E-state index in [1.165, 1.54) is 4.90 Å². The molecule has 0 unspecified atom stereocenters. The number of aromatic nitrogens is 1. The third-order valence-corrected chi connectivity index (χ3v) is 4.01. The van der Waals surface area contributed by atoms with Crippen LogP contribution in [-0.2, 0) is 11.8 Å². The Morgan fingerprint density at radius 1 is 1.24 bits per heavy atom. The summed E-state index contributed by atoms with van der Waals surface area (Å²) in [4.78, 5) is 26.4. The van der Waals surface area contributed by atoms with Gasteiger partial charge in [0, 0.05) is 37.2 Å². The maximum absolute atomic E-state index is 12.6. The van der Waals surface area contributed by atoms with Gasteiger partial charge in [0.1, 0.15) is 0 Å². The molecule has 1 heterocycles. The number of benzene rings is 1. The number of amides is 1. The summed E-state index contributed by atoms with van der Waals surface area (Å²) >= 11 is 0. The van der Waals surface area contributed by atoms with Crippen LogP contribution in [0.15, 0.2) is 24.3 Å². The van der Waals surface area contributed by atoms with Gasteiger partial charge >= 0.3 is 0 Å². The topological polar surface area (TPSA) is 42.3 Å². The van der Waals surface area contributed by atoms with E-state index in [0.29, 0.717) is 12.1 Å². The molecule has 0 saturated carbocycles. The number of ketones is 1.